The number of methoxy groups -OCH3 is 1. The van der Waals surface area contributed by atoms with Gasteiger partial charge in [0.1, 0.15) is 11.6 Å². The van der Waals surface area contributed by atoms with Crippen LogP contribution in [0.15, 0.2) is 48.5 Å². The lowest BCUT2D eigenvalue weighted by molar-refractivity contribution is 0.0966. The van der Waals surface area contributed by atoms with E-state index in [0.717, 1.165) is 68.5 Å². The number of aromatic nitrogens is 3. The average Bonchev–Trinajstić information content (AvgIpc) is 3.49. The Kier molecular flexibility index (Phi) is 6.94. The van der Waals surface area contributed by atoms with Gasteiger partial charge in [-0.2, -0.15) is 5.10 Å². The first-order valence-corrected chi connectivity index (χ1v) is 12.2. The summed E-state index contributed by atoms with van der Waals surface area (Å²) in [4.78, 5) is 4.72. The van der Waals surface area contributed by atoms with Crippen molar-refractivity contribution < 1.29 is 13.9 Å². The van der Waals surface area contributed by atoms with E-state index >= 15 is 0 Å². The summed E-state index contributed by atoms with van der Waals surface area (Å²) in [5.41, 5.74) is 1.98. The van der Waals surface area contributed by atoms with Crippen LogP contribution in [-0.2, 0) is 18.0 Å². The molecule has 3 heterocycles. The lowest BCUT2D eigenvalue weighted by Crippen LogP contribution is -2.47. The number of nitrogens with zero attached hydrogens (tertiary/aromatic N) is 5. The molecule has 0 unspecified atom stereocenters. The third-order valence-corrected chi connectivity index (χ3v) is 7.00. The molecule has 3 aromatic rings. The van der Waals surface area contributed by atoms with E-state index in [2.05, 4.69) is 15.9 Å². The molecule has 9 heteroatoms. The number of para-hydroxylation sites is 2. The van der Waals surface area contributed by atoms with Crippen molar-refractivity contribution >= 4 is 17.9 Å². The molecule has 0 bridgehead atoms. The molecule has 0 amide bonds. The van der Waals surface area contributed by atoms with Crippen LogP contribution < -0.4 is 9.64 Å². The van der Waals surface area contributed by atoms with Crippen LogP contribution in [0.5, 0.6) is 5.75 Å². The number of ether oxygens (including phenoxy) is 2. The first kappa shape index (κ1) is 23.0. The van der Waals surface area contributed by atoms with E-state index in [0.29, 0.717) is 18.0 Å². The van der Waals surface area contributed by atoms with Gasteiger partial charge < -0.3 is 14.4 Å². The molecule has 0 saturated carbocycles. The maximum atomic E-state index is 13.5. The van der Waals surface area contributed by atoms with E-state index in [4.69, 9.17) is 26.8 Å². The normalized spacial score (nSPS) is 19.0. The van der Waals surface area contributed by atoms with E-state index in [1.165, 1.54) is 12.1 Å². The molecule has 1 aromatic heterocycles. The van der Waals surface area contributed by atoms with Crippen LogP contribution in [0.1, 0.15) is 12.8 Å². The number of rotatable bonds is 7. The molecule has 0 aliphatic carbocycles. The van der Waals surface area contributed by atoms with Gasteiger partial charge in [0.2, 0.25) is 0 Å². The van der Waals surface area contributed by atoms with Crippen molar-refractivity contribution in [2.75, 3.05) is 44.8 Å². The van der Waals surface area contributed by atoms with Crippen LogP contribution in [0, 0.1) is 10.6 Å². The predicted octanol–water partition coefficient (Wildman–Crippen LogP) is 4.19. The van der Waals surface area contributed by atoms with Crippen LogP contribution in [0.25, 0.3) is 11.4 Å². The van der Waals surface area contributed by atoms with Gasteiger partial charge in [-0.15, -0.1) is 0 Å². The van der Waals surface area contributed by atoms with Crippen LogP contribution in [0.4, 0.5) is 10.1 Å². The van der Waals surface area contributed by atoms with Gasteiger partial charge in [0, 0.05) is 38.3 Å². The zero-order chi connectivity index (χ0) is 23.5. The number of halogens is 1. The molecule has 2 saturated heterocycles. The second-order valence-electron chi connectivity index (χ2n) is 8.78. The molecule has 1 atom stereocenters. The smallest absolute Gasteiger partial charge is 0.199 e. The molecule has 180 valence electrons. The molecule has 2 aliphatic heterocycles. The summed E-state index contributed by atoms with van der Waals surface area (Å²) >= 11 is 5.85. The highest BCUT2D eigenvalue weighted by Gasteiger charge is 2.23. The quantitative estimate of drug-likeness (QED) is 0.470. The summed E-state index contributed by atoms with van der Waals surface area (Å²) in [5.74, 6) is 1.39. The minimum Gasteiger partial charge on any atom is -0.495 e. The average molecular weight is 484 g/mol. The van der Waals surface area contributed by atoms with Crippen molar-refractivity contribution in [2.45, 2.75) is 32.2 Å². The number of piperazine rings is 1. The van der Waals surface area contributed by atoms with Gasteiger partial charge in [-0.25, -0.2) is 9.07 Å². The zero-order valence-electron chi connectivity index (χ0n) is 19.4. The highest BCUT2D eigenvalue weighted by molar-refractivity contribution is 7.71. The molecule has 2 fully saturated rings. The Labute approximate surface area is 204 Å². The Morgan fingerprint density at radius 2 is 1.85 bits per heavy atom. The van der Waals surface area contributed by atoms with Crippen LogP contribution in [0.2, 0.25) is 0 Å². The highest BCUT2D eigenvalue weighted by atomic mass is 32.1. The van der Waals surface area contributed by atoms with E-state index in [1.807, 2.05) is 27.4 Å². The van der Waals surface area contributed by atoms with Crippen molar-refractivity contribution in [1.29, 1.82) is 0 Å². The van der Waals surface area contributed by atoms with Gasteiger partial charge in [0.05, 0.1) is 32.1 Å². The van der Waals surface area contributed by atoms with Crippen molar-refractivity contribution in [1.82, 2.24) is 19.2 Å². The van der Waals surface area contributed by atoms with Crippen molar-refractivity contribution in [3.8, 4) is 17.1 Å². The summed E-state index contributed by atoms with van der Waals surface area (Å²) in [6, 6.07) is 14.6. The Hall–Kier alpha value is -2.75. The summed E-state index contributed by atoms with van der Waals surface area (Å²) in [7, 11) is 1.71. The number of hydrogen-bond acceptors (Lipinski definition) is 6. The summed E-state index contributed by atoms with van der Waals surface area (Å²) in [6.07, 6.45) is 2.21. The Bertz CT molecular complexity index is 1160. The predicted molar refractivity (Wildman–Crippen MR) is 132 cm³/mol. The SMILES string of the molecule is COc1ccccc1N1CCN(Cn2nc(-c3ccc(F)cc3)n(C[C@@H]3CCCO3)c2=S)CC1. The van der Waals surface area contributed by atoms with E-state index < -0.39 is 0 Å². The molecular weight excluding hydrogens is 453 g/mol. The van der Waals surface area contributed by atoms with E-state index in [-0.39, 0.29) is 11.9 Å². The van der Waals surface area contributed by atoms with Gasteiger partial charge in [-0.05, 0) is 61.5 Å². The molecule has 7 nitrogen and oxygen atoms in total. The standard InChI is InChI=1S/C25H30FN5O2S/c1-32-23-7-3-2-6-22(23)29-14-12-28(13-15-29)18-31-25(34)30(17-21-5-4-16-33-21)24(27-31)19-8-10-20(26)11-9-19/h2-3,6-11,21H,4-5,12-18H2,1H3/t21-/m0/s1. The van der Waals surface area contributed by atoms with Gasteiger partial charge >= 0.3 is 0 Å². The molecule has 34 heavy (non-hydrogen) atoms. The first-order chi connectivity index (χ1) is 16.6. The van der Waals surface area contributed by atoms with Crippen LogP contribution >= 0.6 is 12.2 Å². The Morgan fingerprint density at radius 3 is 2.56 bits per heavy atom. The molecule has 2 aliphatic rings. The third kappa shape index (κ3) is 4.87. The second-order valence-corrected chi connectivity index (χ2v) is 9.14. The van der Waals surface area contributed by atoms with E-state index in [1.54, 1.807) is 19.2 Å². The summed E-state index contributed by atoms with van der Waals surface area (Å²) < 4.78 is 29.5. The molecule has 0 radical (unpaired) electrons. The maximum absolute atomic E-state index is 13.5. The number of hydrogen-bond donors (Lipinski definition) is 0. The van der Waals surface area contributed by atoms with Crippen LogP contribution in [-0.4, -0.2) is 65.2 Å². The fraction of sp³-hybridized carbons (Fsp3) is 0.440. The van der Waals surface area contributed by atoms with Gasteiger partial charge in [-0.3, -0.25) is 9.47 Å². The first-order valence-electron chi connectivity index (χ1n) is 11.8. The fourth-order valence-corrected chi connectivity index (χ4v) is 4.97. The lowest BCUT2D eigenvalue weighted by Gasteiger charge is -2.36. The van der Waals surface area contributed by atoms with Gasteiger partial charge in [0.15, 0.2) is 10.6 Å². The van der Waals surface area contributed by atoms with Gasteiger partial charge in [0.25, 0.3) is 0 Å². The Balaban J connectivity index is 1.33. The van der Waals surface area contributed by atoms with Crippen molar-refractivity contribution in [2.24, 2.45) is 0 Å². The molecular formula is C25H30FN5O2S. The van der Waals surface area contributed by atoms with Gasteiger partial charge in [-0.1, -0.05) is 12.1 Å². The molecule has 2 aromatic carbocycles. The number of anilines is 1. The maximum Gasteiger partial charge on any atom is 0.199 e. The second kappa shape index (κ2) is 10.2. The third-order valence-electron chi connectivity index (χ3n) is 6.57. The van der Waals surface area contributed by atoms with E-state index in [9.17, 15) is 4.39 Å². The Morgan fingerprint density at radius 1 is 1.09 bits per heavy atom. The summed E-state index contributed by atoms with van der Waals surface area (Å²) in [5, 5.41) is 4.87. The highest BCUT2D eigenvalue weighted by Crippen LogP contribution is 2.28. The zero-order valence-corrected chi connectivity index (χ0v) is 20.2. The van der Waals surface area contributed by atoms with Crippen LogP contribution in [0.3, 0.4) is 0 Å². The van der Waals surface area contributed by atoms with Crippen molar-refractivity contribution in [3.63, 3.8) is 0 Å². The monoisotopic (exact) mass is 483 g/mol. The minimum absolute atomic E-state index is 0.132. The van der Waals surface area contributed by atoms with Crippen molar-refractivity contribution in [3.05, 3.63) is 59.1 Å². The largest absolute Gasteiger partial charge is 0.495 e. The lowest BCUT2D eigenvalue weighted by atomic mass is 10.2. The fourth-order valence-electron chi connectivity index (χ4n) is 4.71. The molecule has 5 rings (SSSR count). The number of benzene rings is 2. The molecule has 0 N–H and O–H groups in total. The summed E-state index contributed by atoms with van der Waals surface area (Å²) in [6.45, 7) is 5.64. The minimum atomic E-state index is -0.264. The molecule has 0 spiro atoms. The topological polar surface area (TPSA) is 47.7 Å².